The van der Waals surface area contributed by atoms with Gasteiger partial charge in [-0.15, -0.1) is 0 Å². The van der Waals surface area contributed by atoms with Gasteiger partial charge in [-0.25, -0.2) is 5.32 Å². The largest absolute Gasteiger partial charge is 0.375 e. The summed E-state index contributed by atoms with van der Waals surface area (Å²) in [7, 11) is 0. The zero-order chi connectivity index (χ0) is 6.86. The van der Waals surface area contributed by atoms with E-state index in [1.54, 1.807) is 0 Å². The molecule has 0 aliphatic carbocycles. The third-order valence-electron chi connectivity index (χ3n) is 2.64. The van der Waals surface area contributed by atoms with Gasteiger partial charge < -0.3 is 4.74 Å². The maximum absolute atomic E-state index is 5.72. The Morgan fingerprint density at radius 2 is 1.90 bits per heavy atom. The third-order valence-corrected chi connectivity index (χ3v) is 2.64. The molecule has 0 saturated carbocycles. The summed E-state index contributed by atoms with van der Waals surface area (Å²) in [4.78, 5) is 0. The van der Waals surface area contributed by atoms with Gasteiger partial charge in [0.2, 0.25) is 0 Å². The van der Waals surface area contributed by atoms with E-state index in [-0.39, 0.29) is 5.60 Å². The maximum Gasteiger partial charge on any atom is 0.0708 e. The van der Waals surface area contributed by atoms with Gasteiger partial charge in [-0.2, -0.15) is 0 Å². The fourth-order valence-electron chi connectivity index (χ4n) is 1.95. The lowest BCUT2D eigenvalue weighted by atomic mass is 9.90. The molecule has 2 nitrogen and oxygen atoms in total. The van der Waals surface area contributed by atoms with Crippen LogP contribution < -0.4 is 5.32 Å². The molecule has 0 aromatic heterocycles. The Bertz CT molecular complexity index is 110. The van der Waals surface area contributed by atoms with E-state index in [0.29, 0.717) is 0 Å². The molecule has 0 atom stereocenters. The number of rotatable bonds is 0. The number of hydrogen-bond donors (Lipinski definition) is 0. The molecule has 0 amide bonds. The zero-order valence-electron chi connectivity index (χ0n) is 6.31. The predicted octanol–water partition coefficient (Wildman–Crippen LogP) is 0.934. The summed E-state index contributed by atoms with van der Waals surface area (Å²) in [6.07, 6.45) is 4.89. The normalized spacial score (nSPS) is 31.2. The summed E-state index contributed by atoms with van der Waals surface area (Å²) < 4.78 is 5.72. The molecule has 1 radical (unpaired) electrons. The van der Waals surface area contributed by atoms with Crippen LogP contribution in [0.1, 0.15) is 25.7 Å². The molecule has 2 saturated heterocycles. The van der Waals surface area contributed by atoms with Crippen molar-refractivity contribution in [3.63, 3.8) is 0 Å². The lowest BCUT2D eigenvalue weighted by Gasteiger charge is -2.31. The minimum absolute atomic E-state index is 0.280. The van der Waals surface area contributed by atoms with Crippen LogP contribution in [-0.4, -0.2) is 25.3 Å². The first kappa shape index (κ1) is 6.62. The number of piperidine rings is 1. The smallest absolute Gasteiger partial charge is 0.0708 e. The Morgan fingerprint density at radius 1 is 1.10 bits per heavy atom. The van der Waals surface area contributed by atoms with E-state index in [0.717, 1.165) is 19.7 Å². The summed E-state index contributed by atoms with van der Waals surface area (Å²) in [6, 6.07) is 0. The van der Waals surface area contributed by atoms with Gasteiger partial charge in [0.25, 0.3) is 0 Å². The molecule has 0 aromatic carbocycles. The van der Waals surface area contributed by atoms with Crippen LogP contribution in [0, 0.1) is 0 Å². The van der Waals surface area contributed by atoms with E-state index in [1.807, 2.05) is 0 Å². The topological polar surface area (TPSA) is 23.3 Å². The van der Waals surface area contributed by atoms with Crippen LogP contribution in [0.4, 0.5) is 0 Å². The van der Waals surface area contributed by atoms with E-state index in [2.05, 4.69) is 5.32 Å². The van der Waals surface area contributed by atoms with Crippen LogP contribution in [-0.2, 0) is 4.74 Å². The van der Waals surface area contributed by atoms with Crippen molar-refractivity contribution in [3.05, 3.63) is 0 Å². The highest BCUT2D eigenvalue weighted by atomic mass is 16.5. The summed E-state index contributed by atoms with van der Waals surface area (Å²) in [6.45, 7) is 3.04. The fourth-order valence-corrected chi connectivity index (χ4v) is 1.95. The van der Waals surface area contributed by atoms with Crippen LogP contribution in [0.2, 0.25) is 0 Å². The second-order valence-electron chi connectivity index (χ2n) is 3.31. The Hall–Kier alpha value is -0.0800. The van der Waals surface area contributed by atoms with Crippen molar-refractivity contribution in [2.75, 3.05) is 19.7 Å². The van der Waals surface area contributed by atoms with Crippen LogP contribution in [0.15, 0.2) is 0 Å². The molecule has 0 aromatic rings. The van der Waals surface area contributed by atoms with E-state index < -0.39 is 0 Å². The van der Waals surface area contributed by atoms with Gasteiger partial charge in [0, 0.05) is 19.7 Å². The summed E-state index contributed by atoms with van der Waals surface area (Å²) in [5.41, 5.74) is 0.280. The molecule has 1 spiro atoms. The average Bonchev–Trinajstić information content (AvgIpc) is 2.39. The van der Waals surface area contributed by atoms with Gasteiger partial charge in [0.05, 0.1) is 5.60 Å². The van der Waals surface area contributed by atoms with Crippen LogP contribution in [0.3, 0.4) is 0 Å². The molecule has 2 aliphatic rings. The molecule has 2 fully saturated rings. The minimum Gasteiger partial charge on any atom is -0.375 e. The van der Waals surface area contributed by atoms with Gasteiger partial charge >= 0.3 is 0 Å². The molecule has 2 aliphatic heterocycles. The first-order valence-corrected chi connectivity index (χ1v) is 4.19. The lowest BCUT2D eigenvalue weighted by molar-refractivity contribution is -0.0196. The Morgan fingerprint density at radius 3 is 2.50 bits per heavy atom. The van der Waals surface area contributed by atoms with Gasteiger partial charge in [0.15, 0.2) is 0 Å². The van der Waals surface area contributed by atoms with Gasteiger partial charge in [0.1, 0.15) is 0 Å². The van der Waals surface area contributed by atoms with Crippen LogP contribution in [0.25, 0.3) is 0 Å². The first-order valence-electron chi connectivity index (χ1n) is 4.19. The molecule has 10 heavy (non-hydrogen) atoms. The number of ether oxygens (including phenoxy) is 1. The Kier molecular flexibility index (Phi) is 1.66. The molecule has 57 valence electrons. The number of nitrogens with zero attached hydrogens (tertiary/aromatic N) is 1. The summed E-state index contributed by atoms with van der Waals surface area (Å²) in [5, 5.41) is 4.32. The second kappa shape index (κ2) is 2.51. The molecule has 2 heteroatoms. The lowest BCUT2D eigenvalue weighted by Crippen LogP contribution is -2.38. The summed E-state index contributed by atoms with van der Waals surface area (Å²) in [5.74, 6) is 0. The monoisotopic (exact) mass is 140 g/mol. The molecule has 2 rings (SSSR count). The second-order valence-corrected chi connectivity index (χ2v) is 3.31. The highest BCUT2D eigenvalue weighted by Crippen LogP contribution is 2.33. The quantitative estimate of drug-likeness (QED) is 0.491. The van der Waals surface area contributed by atoms with Gasteiger partial charge in [-0.05, 0) is 25.7 Å². The SMILES string of the molecule is C1COC2(C1)CC[N]CC2. The van der Waals surface area contributed by atoms with Crippen molar-refractivity contribution in [1.82, 2.24) is 5.32 Å². The van der Waals surface area contributed by atoms with Crippen molar-refractivity contribution in [2.24, 2.45) is 0 Å². The van der Waals surface area contributed by atoms with Gasteiger partial charge in [-0.1, -0.05) is 0 Å². The van der Waals surface area contributed by atoms with Crippen molar-refractivity contribution >= 4 is 0 Å². The fraction of sp³-hybridized carbons (Fsp3) is 1.00. The molecule has 0 N–H and O–H groups in total. The Labute approximate surface area is 61.9 Å². The van der Waals surface area contributed by atoms with Crippen LogP contribution in [0.5, 0.6) is 0 Å². The zero-order valence-corrected chi connectivity index (χ0v) is 6.31. The van der Waals surface area contributed by atoms with Crippen molar-refractivity contribution in [1.29, 1.82) is 0 Å². The van der Waals surface area contributed by atoms with Gasteiger partial charge in [-0.3, -0.25) is 0 Å². The first-order chi connectivity index (χ1) is 4.91. The van der Waals surface area contributed by atoms with Crippen molar-refractivity contribution < 1.29 is 4.74 Å². The highest BCUT2D eigenvalue weighted by molar-refractivity contribution is 4.88. The van der Waals surface area contributed by atoms with Crippen molar-refractivity contribution in [3.8, 4) is 0 Å². The van der Waals surface area contributed by atoms with E-state index >= 15 is 0 Å². The summed E-state index contributed by atoms with van der Waals surface area (Å²) >= 11 is 0. The molecular formula is C8H14NO. The van der Waals surface area contributed by atoms with E-state index in [1.165, 1.54) is 25.7 Å². The van der Waals surface area contributed by atoms with Crippen molar-refractivity contribution in [2.45, 2.75) is 31.3 Å². The standard InChI is InChI=1S/C8H14NO/c1-2-8(10-7-1)3-5-9-6-4-8/h1-7H2. The maximum atomic E-state index is 5.72. The highest BCUT2D eigenvalue weighted by Gasteiger charge is 2.36. The van der Waals surface area contributed by atoms with Crippen LogP contribution >= 0.6 is 0 Å². The third kappa shape index (κ3) is 1.06. The molecule has 0 unspecified atom stereocenters. The average molecular weight is 140 g/mol. The molecular weight excluding hydrogens is 126 g/mol. The Balaban J connectivity index is 1.98. The minimum atomic E-state index is 0.280. The molecule has 0 bridgehead atoms. The van der Waals surface area contributed by atoms with E-state index in [9.17, 15) is 0 Å². The predicted molar refractivity (Wildman–Crippen MR) is 39.0 cm³/mol. The van der Waals surface area contributed by atoms with E-state index in [4.69, 9.17) is 4.74 Å². The molecule has 2 heterocycles. The number of hydrogen-bond acceptors (Lipinski definition) is 1.